The number of nitrogens with zero attached hydrogens (tertiary/aromatic N) is 2. The summed E-state index contributed by atoms with van der Waals surface area (Å²) in [6.07, 6.45) is 0. The molecule has 0 aliphatic heterocycles. The van der Waals surface area contributed by atoms with Crippen molar-refractivity contribution in [2.24, 2.45) is 0 Å². The lowest BCUT2D eigenvalue weighted by atomic mass is 10.2. The van der Waals surface area contributed by atoms with Crippen LogP contribution >= 0.6 is 33.9 Å². The van der Waals surface area contributed by atoms with Gasteiger partial charge in [-0.15, -0.1) is 11.3 Å². The van der Waals surface area contributed by atoms with Gasteiger partial charge in [0.2, 0.25) is 0 Å². The fraction of sp³-hybridized carbons (Fsp3) is 0. The number of hydrogen-bond donors (Lipinski definition) is 0. The lowest BCUT2D eigenvalue weighted by molar-refractivity contribution is 1.42. The Kier molecular flexibility index (Phi) is 2.93. The van der Waals surface area contributed by atoms with Crippen LogP contribution in [-0.2, 0) is 0 Å². The Balaban J connectivity index is 1.93. The van der Waals surface area contributed by atoms with Gasteiger partial charge in [0, 0.05) is 8.45 Å². The van der Waals surface area contributed by atoms with Gasteiger partial charge >= 0.3 is 0 Å². The normalized spacial score (nSPS) is 11.2. The molecular weight excluding hydrogens is 379 g/mol. The fourth-order valence-corrected chi connectivity index (χ4v) is 3.53. The molecule has 4 aromatic rings. The van der Waals surface area contributed by atoms with Crippen LogP contribution in [0.15, 0.2) is 54.6 Å². The van der Waals surface area contributed by atoms with Crippen molar-refractivity contribution < 1.29 is 0 Å². The molecule has 2 heterocycles. The van der Waals surface area contributed by atoms with Gasteiger partial charge in [0.15, 0.2) is 0 Å². The van der Waals surface area contributed by atoms with E-state index >= 15 is 0 Å². The molecule has 4 rings (SSSR count). The summed E-state index contributed by atoms with van der Waals surface area (Å²) in [4.78, 5) is 11.6. The van der Waals surface area contributed by atoms with Crippen LogP contribution in [0.1, 0.15) is 0 Å². The number of para-hydroxylation sites is 2. The largest absolute Gasteiger partial charge is 0.244 e. The van der Waals surface area contributed by atoms with Crippen LogP contribution in [0.5, 0.6) is 0 Å². The van der Waals surface area contributed by atoms with Gasteiger partial charge in [0.05, 0.1) is 11.0 Å². The second kappa shape index (κ2) is 4.79. The zero-order chi connectivity index (χ0) is 13.5. The third-order valence-electron chi connectivity index (χ3n) is 3.17. The average molecular weight is 388 g/mol. The SMILES string of the molecule is Ic1ccc(-c2cc3nc4ccccc4nc3s2)cc1. The zero-order valence-electron chi connectivity index (χ0n) is 10.4. The summed E-state index contributed by atoms with van der Waals surface area (Å²) in [5, 5.41) is 0. The first-order valence-electron chi connectivity index (χ1n) is 6.22. The van der Waals surface area contributed by atoms with Crippen LogP contribution in [0.25, 0.3) is 31.8 Å². The number of hydrogen-bond acceptors (Lipinski definition) is 3. The molecule has 0 saturated heterocycles. The fourth-order valence-electron chi connectivity index (χ4n) is 2.18. The molecule has 0 fully saturated rings. The first-order chi connectivity index (χ1) is 9.79. The first-order valence-corrected chi connectivity index (χ1v) is 8.11. The highest BCUT2D eigenvalue weighted by atomic mass is 127. The van der Waals surface area contributed by atoms with E-state index in [0.29, 0.717) is 0 Å². The van der Waals surface area contributed by atoms with Gasteiger partial charge in [-0.25, -0.2) is 9.97 Å². The molecule has 0 N–H and O–H groups in total. The zero-order valence-corrected chi connectivity index (χ0v) is 13.4. The third kappa shape index (κ3) is 2.09. The lowest BCUT2D eigenvalue weighted by Gasteiger charge is -1.95. The molecule has 0 spiro atoms. The minimum Gasteiger partial charge on any atom is -0.244 e. The molecule has 20 heavy (non-hydrogen) atoms. The second-order valence-electron chi connectivity index (χ2n) is 4.52. The van der Waals surface area contributed by atoms with Gasteiger partial charge in [-0.3, -0.25) is 0 Å². The Labute approximate surface area is 133 Å². The van der Waals surface area contributed by atoms with E-state index in [9.17, 15) is 0 Å². The highest BCUT2D eigenvalue weighted by molar-refractivity contribution is 14.1. The highest BCUT2D eigenvalue weighted by Gasteiger charge is 2.08. The quantitative estimate of drug-likeness (QED) is 0.423. The third-order valence-corrected chi connectivity index (χ3v) is 4.95. The molecule has 2 aromatic carbocycles. The van der Waals surface area contributed by atoms with Crippen molar-refractivity contribution in [2.45, 2.75) is 0 Å². The van der Waals surface area contributed by atoms with Gasteiger partial charge in [-0.2, -0.15) is 0 Å². The van der Waals surface area contributed by atoms with Crippen LogP contribution in [0, 0.1) is 3.57 Å². The summed E-state index contributed by atoms with van der Waals surface area (Å²) in [7, 11) is 0. The van der Waals surface area contributed by atoms with Crippen LogP contribution in [0.3, 0.4) is 0 Å². The van der Waals surface area contributed by atoms with Crippen molar-refractivity contribution in [3.05, 3.63) is 58.2 Å². The lowest BCUT2D eigenvalue weighted by Crippen LogP contribution is -1.81. The molecule has 96 valence electrons. The summed E-state index contributed by atoms with van der Waals surface area (Å²) in [6.45, 7) is 0. The van der Waals surface area contributed by atoms with Gasteiger partial charge in [-0.1, -0.05) is 24.3 Å². The van der Waals surface area contributed by atoms with Gasteiger partial charge < -0.3 is 0 Å². The number of halogens is 1. The summed E-state index contributed by atoms with van der Waals surface area (Å²) in [5.41, 5.74) is 4.10. The molecule has 0 atom stereocenters. The smallest absolute Gasteiger partial charge is 0.143 e. The van der Waals surface area contributed by atoms with Crippen molar-refractivity contribution in [3.8, 4) is 10.4 Å². The second-order valence-corrected chi connectivity index (χ2v) is 6.80. The van der Waals surface area contributed by atoms with E-state index in [4.69, 9.17) is 4.98 Å². The average Bonchev–Trinajstić information content (AvgIpc) is 2.88. The highest BCUT2D eigenvalue weighted by Crippen LogP contribution is 2.32. The summed E-state index contributed by atoms with van der Waals surface area (Å²) in [5.74, 6) is 0. The number of fused-ring (bicyclic) bond motifs is 2. The van der Waals surface area contributed by atoms with Crippen LogP contribution in [-0.4, -0.2) is 9.97 Å². The van der Waals surface area contributed by atoms with E-state index in [2.05, 4.69) is 57.9 Å². The maximum absolute atomic E-state index is 4.70. The molecule has 2 nitrogen and oxygen atoms in total. The van der Waals surface area contributed by atoms with Gasteiger partial charge in [0.25, 0.3) is 0 Å². The molecule has 0 unspecified atom stereocenters. The number of thiophene rings is 1. The predicted molar refractivity (Wildman–Crippen MR) is 93.1 cm³/mol. The van der Waals surface area contributed by atoms with E-state index in [1.165, 1.54) is 14.0 Å². The number of aromatic nitrogens is 2. The molecule has 4 heteroatoms. The Morgan fingerprint density at radius 3 is 2.25 bits per heavy atom. The summed E-state index contributed by atoms with van der Waals surface area (Å²) < 4.78 is 1.24. The molecule has 0 aliphatic rings. The van der Waals surface area contributed by atoms with Crippen LogP contribution < -0.4 is 0 Å². The predicted octanol–water partition coefficient (Wildman–Crippen LogP) is 5.12. The topological polar surface area (TPSA) is 25.8 Å². The molecule has 0 saturated carbocycles. The Morgan fingerprint density at radius 1 is 0.800 bits per heavy atom. The van der Waals surface area contributed by atoms with Gasteiger partial charge in [-0.05, 0) is 58.5 Å². The van der Waals surface area contributed by atoms with Crippen molar-refractivity contribution in [1.29, 1.82) is 0 Å². The Hall–Kier alpha value is -1.53. The first kappa shape index (κ1) is 12.2. The van der Waals surface area contributed by atoms with Crippen molar-refractivity contribution in [3.63, 3.8) is 0 Å². The molecule has 0 radical (unpaired) electrons. The minimum atomic E-state index is 0.951. The van der Waals surface area contributed by atoms with E-state index in [1.807, 2.05) is 24.3 Å². The summed E-state index contributed by atoms with van der Waals surface area (Å²) >= 11 is 4.01. The molecule has 0 aliphatic carbocycles. The van der Waals surface area contributed by atoms with E-state index in [0.717, 1.165) is 21.4 Å². The van der Waals surface area contributed by atoms with Crippen LogP contribution in [0.2, 0.25) is 0 Å². The van der Waals surface area contributed by atoms with E-state index in [-0.39, 0.29) is 0 Å². The van der Waals surface area contributed by atoms with E-state index < -0.39 is 0 Å². The monoisotopic (exact) mass is 388 g/mol. The number of benzene rings is 2. The van der Waals surface area contributed by atoms with Gasteiger partial charge in [0.1, 0.15) is 10.3 Å². The number of rotatable bonds is 1. The maximum atomic E-state index is 4.70. The standard InChI is InChI=1S/C16H9IN2S/c17-11-7-5-10(6-8-11)15-9-14-16(20-15)19-13-4-2-1-3-12(13)18-14/h1-9H. The van der Waals surface area contributed by atoms with E-state index in [1.54, 1.807) is 11.3 Å². The van der Waals surface area contributed by atoms with Crippen molar-refractivity contribution in [2.75, 3.05) is 0 Å². The molecular formula is C16H9IN2S. The minimum absolute atomic E-state index is 0.951. The molecule has 2 aromatic heterocycles. The van der Waals surface area contributed by atoms with Crippen LogP contribution in [0.4, 0.5) is 0 Å². The summed E-state index contributed by atoms with van der Waals surface area (Å²) in [6, 6.07) is 18.7. The maximum Gasteiger partial charge on any atom is 0.143 e. The van der Waals surface area contributed by atoms with Crippen molar-refractivity contribution >= 4 is 55.3 Å². The Morgan fingerprint density at radius 2 is 1.50 bits per heavy atom. The molecule has 0 bridgehead atoms. The van der Waals surface area contributed by atoms with Crippen molar-refractivity contribution in [1.82, 2.24) is 9.97 Å². The molecule has 0 amide bonds. The Bertz CT molecular complexity index is 860.